The number of rotatable bonds is 4. The minimum absolute atomic E-state index is 1.63. The Labute approximate surface area is 86.0 Å². The fourth-order valence-electron chi connectivity index (χ4n) is 0.607. The second-order valence-electron chi connectivity index (χ2n) is 2.21. The van der Waals surface area contributed by atoms with Crippen molar-refractivity contribution in [2.45, 2.75) is 0 Å². The second kappa shape index (κ2) is 10.8. The number of allylic oxidation sites excluding steroid dienone is 10. The zero-order chi connectivity index (χ0) is 10.5. The van der Waals surface area contributed by atoms with Gasteiger partial charge in [0.2, 0.25) is 0 Å². The molecule has 0 spiro atoms. The van der Waals surface area contributed by atoms with Crippen molar-refractivity contribution in [3.05, 3.63) is 60.8 Å². The highest BCUT2D eigenvalue weighted by Crippen LogP contribution is 1.82. The molecule has 68 valence electrons. The van der Waals surface area contributed by atoms with E-state index in [1.807, 2.05) is 36.5 Å². The molecule has 0 amide bonds. The van der Waals surface area contributed by atoms with Crippen LogP contribution in [0, 0.1) is 24.7 Å². The Hall–Kier alpha value is -2.18. The topological polar surface area (TPSA) is 0 Å². The molecule has 0 aliphatic heterocycles. The van der Waals surface area contributed by atoms with Crippen LogP contribution in [-0.2, 0) is 0 Å². The lowest BCUT2D eigenvalue weighted by atomic mass is 10.3. The second-order valence-corrected chi connectivity index (χ2v) is 2.21. The molecule has 0 unspecified atom stereocenters. The lowest BCUT2D eigenvalue weighted by molar-refractivity contribution is 1.86. The van der Waals surface area contributed by atoms with Gasteiger partial charge >= 0.3 is 0 Å². The van der Waals surface area contributed by atoms with Crippen molar-refractivity contribution < 1.29 is 0 Å². The Kier molecular flexibility index (Phi) is 9.14. The highest BCUT2D eigenvalue weighted by atomic mass is 13.7. The summed E-state index contributed by atoms with van der Waals surface area (Å²) in [6.45, 7) is 0. The fraction of sp³-hybridized carbons (Fsp3) is 0. The third kappa shape index (κ3) is 9.82. The van der Waals surface area contributed by atoms with Gasteiger partial charge in [-0.25, -0.2) is 0 Å². The maximum absolute atomic E-state index is 5.01. The van der Waals surface area contributed by atoms with Gasteiger partial charge in [-0.2, -0.15) is 0 Å². The van der Waals surface area contributed by atoms with Gasteiger partial charge in [0.1, 0.15) is 0 Å². The maximum atomic E-state index is 5.01. The van der Waals surface area contributed by atoms with Crippen LogP contribution in [0.3, 0.4) is 0 Å². The molecule has 0 heterocycles. The fourth-order valence-corrected chi connectivity index (χ4v) is 0.607. The van der Waals surface area contributed by atoms with Gasteiger partial charge in [0, 0.05) is 0 Å². The molecule has 0 nitrogen and oxygen atoms in total. The Morgan fingerprint density at radius 2 is 0.786 bits per heavy atom. The summed E-state index contributed by atoms with van der Waals surface area (Å²) >= 11 is 0. The summed E-state index contributed by atoms with van der Waals surface area (Å²) in [6, 6.07) is 0. The van der Waals surface area contributed by atoms with Crippen LogP contribution in [0.1, 0.15) is 0 Å². The lowest BCUT2D eigenvalue weighted by Crippen LogP contribution is -1.52. The molecule has 0 aliphatic carbocycles. The van der Waals surface area contributed by atoms with Gasteiger partial charge in [-0.3, -0.25) is 0 Å². The van der Waals surface area contributed by atoms with Gasteiger partial charge in [-0.15, -0.1) is 12.8 Å². The zero-order valence-electron chi connectivity index (χ0n) is 7.93. The van der Waals surface area contributed by atoms with Crippen molar-refractivity contribution in [1.29, 1.82) is 0 Å². The first kappa shape index (κ1) is 11.8. The molecule has 0 fully saturated rings. The molecule has 14 heavy (non-hydrogen) atoms. The van der Waals surface area contributed by atoms with Crippen molar-refractivity contribution >= 4 is 0 Å². The van der Waals surface area contributed by atoms with E-state index in [0.29, 0.717) is 0 Å². The molecule has 0 saturated heterocycles. The van der Waals surface area contributed by atoms with Gasteiger partial charge in [-0.1, -0.05) is 60.4 Å². The molecular weight excluding hydrogens is 168 g/mol. The van der Waals surface area contributed by atoms with Crippen LogP contribution < -0.4 is 0 Å². The van der Waals surface area contributed by atoms with E-state index in [1.54, 1.807) is 24.3 Å². The minimum atomic E-state index is 1.63. The minimum Gasteiger partial charge on any atom is -0.115 e. The first-order chi connectivity index (χ1) is 6.91. The Bertz CT molecular complexity index is 310. The Morgan fingerprint density at radius 1 is 0.500 bits per heavy atom. The van der Waals surface area contributed by atoms with Crippen molar-refractivity contribution in [2.24, 2.45) is 0 Å². The predicted molar refractivity (Wildman–Crippen MR) is 63.4 cm³/mol. The van der Waals surface area contributed by atoms with Crippen molar-refractivity contribution in [1.82, 2.24) is 0 Å². The molecule has 0 bridgehead atoms. The van der Waals surface area contributed by atoms with E-state index in [0.717, 1.165) is 0 Å². The van der Waals surface area contributed by atoms with Crippen LogP contribution in [0.2, 0.25) is 0 Å². The quantitative estimate of drug-likeness (QED) is 0.461. The van der Waals surface area contributed by atoms with Crippen LogP contribution in [0.5, 0.6) is 0 Å². The van der Waals surface area contributed by atoms with Crippen molar-refractivity contribution in [3.63, 3.8) is 0 Å². The van der Waals surface area contributed by atoms with Crippen molar-refractivity contribution in [2.75, 3.05) is 0 Å². The smallest absolute Gasteiger partial charge is 0.0122 e. The summed E-state index contributed by atoms with van der Waals surface area (Å²) in [5.41, 5.74) is 0. The SMILES string of the molecule is C#C/C=C/C=C/C=C/C=C/C=C/C#C. The monoisotopic (exact) mass is 180 g/mol. The number of terminal acetylenes is 2. The summed E-state index contributed by atoms with van der Waals surface area (Å²) in [4.78, 5) is 0. The van der Waals surface area contributed by atoms with Crippen LogP contribution in [0.25, 0.3) is 0 Å². The first-order valence-corrected chi connectivity index (χ1v) is 4.15. The highest BCUT2D eigenvalue weighted by Gasteiger charge is 1.62. The molecule has 0 aromatic rings. The summed E-state index contributed by atoms with van der Waals surface area (Å²) in [7, 11) is 0. The third-order valence-electron chi connectivity index (χ3n) is 1.16. The summed E-state index contributed by atoms with van der Waals surface area (Å²) in [6.07, 6.45) is 28.2. The van der Waals surface area contributed by atoms with Crippen LogP contribution >= 0.6 is 0 Å². The van der Waals surface area contributed by atoms with Crippen molar-refractivity contribution in [3.8, 4) is 24.7 Å². The molecule has 0 atom stereocenters. The van der Waals surface area contributed by atoms with Gasteiger partial charge in [0.05, 0.1) is 0 Å². The molecule has 0 aliphatic rings. The normalized spacial score (nSPS) is 12.1. The average molecular weight is 180 g/mol. The van der Waals surface area contributed by atoms with Gasteiger partial charge < -0.3 is 0 Å². The molecule has 0 saturated carbocycles. The van der Waals surface area contributed by atoms with E-state index >= 15 is 0 Å². The van der Waals surface area contributed by atoms with Gasteiger partial charge in [0.25, 0.3) is 0 Å². The predicted octanol–water partition coefficient (Wildman–Crippen LogP) is 3.03. The number of hydrogen-bond acceptors (Lipinski definition) is 0. The standard InChI is InChI=1S/C14H12/c1-3-5-7-9-11-13-14-12-10-8-6-4-2/h1-2,5-14H/b7-5+,8-6+,11-9+,12-10+,14-13+. The summed E-state index contributed by atoms with van der Waals surface area (Å²) in [5.74, 6) is 4.79. The lowest BCUT2D eigenvalue weighted by Gasteiger charge is -1.72. The van der Waals surface area contributed by atoms with Gasteiger partial charge in [-0.05, 0) is 12.2 Å². The van der Waals surface area contributed by atoms with Gasteiger partial charge in [0.15, 0.2) is 0 Å². The molecule has 0 N–H and O–H groups in total. The molecular formula is C14H12. The Balaban J connectivity index is 3.76. The molecule has 0 rings (SSSR count). The number of hydrogen-bond donors (Lipinski definition) is 0. The zero-order valence-corrected chi connectivity index (χ0v) is 7.93. The first-order valence-electron chi connectivity index (χ1n) is 4.15. The van der Waals surface area contributed by atoms with Crippen LogP contribution in [-0.4, -0.2) is 0 Å². The third-order valence-corrected chi connectivity index (χ3v) is 1.16. The van der Waals surface area contributed by atoms with Crippen LogP contribution in [0.15, 0.2) is 60.8 Å². The summed E-state index contributed by atoms with van der Waals surface area (Å²) < 4.78 is 0. The largest absolute Gasteiger partial charge is 0.115 e. The van der Waals surface area contributed by atoms with E-state index in [4.69, 9.17) is 12.8 Å². The maximum Gasteiger partial charge on any atom is -0.0122 e. The van der Waals surface area contributed by atoms with E-state index in [1.165, 1.54) is 0 Å². The van der Waals surface area contributed by atoms with Crippen LogP contribution in [0.4, 0.5) is 0 Å². The molecule has 0 heteroatoms. The Morgan fingerprint density at radius 3 is 1.07 bits per heavy atom. The average Bonchev–Trinajstić information content (AvgIpc) is 2.21. The summed E-state index contributed by atoms with van der Waals surface area (Å²) in [5, 5.41) is 0. The highest BCUT2D eigenvalue weighted by molar-refractivity contribution is 5.22. The van der Waals surface area contributed by atoms with E-state index in [-0.39, 0.29) is 0 Å². The molecule has 0 radical (unpaired) electrons. The van der Waals surface area contributed by atoms with E-state index < -0.39 is 0 Å². The molecule has 0 aromatic heterocycles. The van der Waals surface area contributed by atoms with E-state index in [2.05, 4.69) is 11.8 Å². The van der Waals surface area contributed by atoms with E-state index in [9.17, 15) is 0 Å². The molecule has 0 aromatic carbocycles.